The summed E-state index contributed by atoms with van der Waals surface area (Å²) in [5.74, 6) is -0.803. The molecular weight excluding hydrogens is 175 g/mol. The summed E-state index contributed by atoms with van der Waals surface area (Å²) in [6.45, 7) is 1.65. The third kappa shape index (κ3) is 4.17. The Morgan fingerprint density at radius 1 is 1.58 bits per heavy atom. The molecule has 6 heteroatoms. The zero-order valence-electron chi connectivity index (χ0n) is 6.48. The van der Waals surface area contributed by atoms with E-state index in [4.69, 9.17) is 5.11 Å². The second-order valence-corrected chi connectivity index (χ2v) is 2.26. The molecule has 0 fully saturated rings. The first kappa shape index (κ1) is 11.2. The summed E-state index contributed by atoms with van der Waals surface area (Å²) >= 11 is 0. The SMILES string of the molecule is CCCC(=O)NC(O)C(F)(F)F. The molecule has 0 bridgehead atoms. The normalized spacial score (nSPS) is 14.1. The van der Waals surface area contributed by atoms with Gasteiger partial charge in [0.2, 0.25) is 12.1 Å². The molecule has 0 aliphatic heterocycles. The minimum absolute atomic E-state index is 0.0207. The Balaban J connectivity index is 3.84. The van der Waals surface area contributed by atoms with Crippen molar-refractivity contribution in [1.29, 1.82) is 0 Å². The molecule has 2 N–H and O–H groups in total. The van der Waals surface area contributed by atoms with Crippen LogP contribution in [0.25, 0.3) is 0 Å². The maximum Gasteiger partial charge on any atom is 0.433 e. The highest BCUT2D eigenvalue weighted by atomic mass is 19.4. The van der Waals surface area contributed by atoms with Crippen molar-refractivity contribution in [3.63, 3.8) is 0 Å². The van der Waals surface area contributed by atoms with Gasteiger partial charge in [0.25, 0.3) is 0 Å². The fraction of sp³-hybridized carbons (Fsp3) is 0.833. The van der Waals surface area contributed by atoms with E-state index in [9.17, 15) is 18.0 Å². The van der Waals surface area contributed by atoms with E-state index in [-0.39, 0.29) is 6.42 Å². The Kier molecular flexibility index (Phi) is 4.02. The summed E-state index contributed by atoms with van der Waals surface area (Å²) in [5.41, 5.74) is 0. The van der Waals surface area contributed by atoms with E-state index in [2.05, 4.69) is 0 Å². The van der Waals surface area contributed by atoms with Gasteiger partial charge in [-0.05, 0) is 6.42 Å². The summed E-state index contributed by atoms with van der Waals surface area (Å²) < 4.78 is 34.8. The monoisotopic (exact) mass is 185 g/mol. The molecule has 0 aromatic heterocycles. The molecule has 0 rings (SSSR count). The Labute approximate surface area is 67.6 Å². The maximum atomic E-state index is 11.6. The average molecular weight is 185 g/mol. The summed E-state index contributed by atoms with van der Waals surface area (Å²) in [4.78, 5) is 10.5. The van der Waals surface area contributed by atoms with Crippen molar-refractivity contribution in [1.82, 2.24) is 5.32 Å². The largest absolute Gasteiger partial charge is 0.433 e. The third-order valence-electron chi connectivity index (χ3n) is 1.08. The summed E-state index contributed by atoms with van der Waals surface area (Å²) in [7, 11) is 0. The minimum atomic E-state index is -4.79. The summed E-state index contributed by atoms with van der Waals surface area (Å²) in [6.07, 6.45) is -7.12. The van der Waals surface area contributed by atoms with Crippen LogP contribution in [0.2, 0.25) is 0 Å². The number of nitrogens with one attached hydrogen (secondary N) is 1. The molecule has 0 aliphatic rings. The van der Waals surface area contributed by atoms with Crippen molar-refractivity contribution in [3.8, 4) is 0 Å². The first-order valence-corrected chi connectivity index (χ1v) is 3.42. The van der Waals surface area contributed by atoms with Crippen molar-refractivity contribution in [2.45, 2.75) is 32.2 Å². The average Bonchev–Trinajstić information content (AvgIpc) is 1.85. The predicted octanol–water partition coefficient (Wildman–Crippen LogP) is 0.783. The van der Waals surface area contributed by atoms with Gasteiger partial charge in [-0.2, -0.15) is 13.2 Å². The van der Waals surface area contributed by atoms with Gasteiger partial charge >= 0.3 is 6.18 Å². The van der Waals surface area contributed by atoms with Gasteiger partial charge < -0.3 is 10.4 Å². The molecule has 1 unspecified atom stereocenters. The van der Waals surface area contributed by atoms with Crippen LogP contribution in [-0.4, -0.2) is 23.4 Å². The molecule has 0 heterocycles. The number of carbonyl (C=O) groups is 1. The molecule has 1 atom stereocenters. The quantitative estimate of drug-likeness (QED) is 0.638. The number of aliphatic hydroxyl groups is 1. The fourth-order valence-electron chi connectivity index (χ4n) is 0.534. The van der Waals surface area contributed by atoms with E-state index in [1.807, 2.05) is 0 Å². The van der Waals surface area contributed by atoms with Crippen LogP contribution >= 0.6 is 0 Å². The van der Waals surface area contributed by atoms with Crippen molar-refractivity contribution in [2.75, 3.05) is 0 Å². The van der Waals surface area contributed by atoms with Crippen LogP contribution in [0.15, 0.2) is 0 Å². The first-order chi connectivity index (χ1) is 5.38. The van der Waals surface area contributed by atoms with Crippen LogP contribution in [-0.2, 0) is 4.79 Å². The lowest BCUT2D eigenvalue weighted by Crippen LogP contribution is -2.45. The Bertz CT molecular complexity index is 157. The molecule has 0 spiro atoms. The van der Waals surface area contributed by atoms with E-state index < -0.39 is 18.3 Å². The molecule has 0 radical (unpaired) electrons. The van der Waals surface area contributed by atoms with Crippen LogP contribution in [0.5, 0.6) is 0 Å². The summed E-state index contributed by atoms with van der Waals surface area (Å²) in [5, 5.41) is 9.74. The number of hydrogen-bond donors (Lipinski definition) is 2. The maximum absolute atomic E-state index is 11.6. The number of amides is 1. The highest BCUT2D eigenvalue weighted by molar-refractivity contribution is 5.75. The molecular formula is C6H10F3NO2. The number of hydrogen-bond acceptors (Lipinski definition) is 2. The van der Waals surface area contributed by atoms with E-state index >= 15 is 0 Å². The third-order valence-corrected chi connectivity index (χ3v) is 1.08. The van der Waals surface area contributed by atoms with Crippen molar-refractivity contribution < 1.29 is 23.1 Å². The molecule has 72 valence electrons. The topological polar surface area (TPSA) is 49.3 Å². The van der Waals surface area contributed by atoms with Crippen LogP contribution < -0.4 is 5.32 Å². The Hall–Kier alpha value is -0.780. The van der Waals surface area contributed by atoms with E-state index in [1.54, 1.807) is 6.92 Å². The van der Waals surface area contributed by atoms with Gasteiger partial charge in [-0.25, -0.2) is 0 Å². The van der Waals surface area contributed by atoms with Crippen LogP contribution in [0.4, 0.5) is 13.2 Å². The van der Waals surface area contributed by atoms with Gasteiger partial charge in [0, 0.05) is 6.42 Å². The van der Waals surface area contributed by atoms with Gasteiger partial charge in [-0.1, -0.05) is 6.92 Å². The van der Waals surface area contributed by atoms with Gasteiger partial charge in [-0.15, -0.1) is 0 Å². The lowest BCUT2D eigenvalue weighted by Gasteiger charge is -2.15. The first-order valence-electron chi connectivity index (χ1n) is 3.42. The minimum Gasteiger partial charge on any atom is -0.366 e. The number of alkyl halides is 3. The standard InChI is InChI=1S/C6H10F3NO2/c1-2-3-4(11)10-5(12)6(7,8)9/h5,12H,2-3H2,1H3,(H,10,11). The second-order valence-electron chi connectivity index (χ2n) is 2.26. The molecule has 3 nitrogen and oxygen atoms in total. The zero-order chi connectivity index (χ0) is 9.78. The van der Waals surface area contributed by atoms with Crippen LogP contribution in [0.3, 0.4) is 0 Å². The number of aliphatic hydroxyl groups excluding tert-OH is 1. The lowest BCUT2D eigenvalue weighted by molar-refractivity contribution is -0.213. The molecule has 1 amide bonds. The number of rotatable bonds is 3. The van der Waals surface area contributed by atoms with Crippen molar-refractivity contribution >= 4 is 5.91 Å². The molecule has 12 heavy (non-hydrogen) atoms. The van der Waals surface area contributed by atoms with E-state index in [0.29, 0.717) is 6.42 Å². The predicted molar refractivity (Wildman–Crippen MR) is 35.1 cm³/mol. The van der Waals surface area contributed by atoms with Gasteiger partial charge in [0.1, 0.15) is 0 Å². The Morgan fingerprint density at radius 3 is 2.42 bits per heavy atom. The Morgan fingerprint density at radius 2 is 2.08 bits per heavy atom. The number of halogens is 3. The van der Waals surface area contributed by atoms with E-state index in [1.165, 1.54) is 5.32 Å². The van der Waals surface area contributed by atoms with Crippen LogP contribution in [0, 0.1) is 0 Å². The van der Waals surface area contributed by atoms with Gasteiger partial charge in [0.15, 0.2) is 0 Å². The molecule has 0 saturated heterocycles. The van der Waals surface area contributed by atoms with Crippen molar-refractivity contribution in [3.05, 3.63) is 0 Å². The van der Waals surface area contributed by atoms with E-state index in [0.717, 1.165) is 0 Å². The van der Waals surface area contributed by atoms with Gasteiger partial charge in [0.05, 0.1) is 0 Å². The highest BCUT2D eigenvalue weighted by Crippen LogP contribution is 2.17. The molecule has 0 aromatic carbocycles. The van der Waals surface area contributed by atoms with Gasteiger partial charge in [-0.3, -0.25) is 4.79 Å². The van der Waals surface area contributed by atoms with Crippen LogP contribution in [0.1, 0.15) is 19.8 Å². The van der Waals surface area contributed by atoms with Crippen molar-refractivity contribution in [2.24, 2.45) is 0 Å². The fourth-order valence-corrected chi connectivity index (χ4v) is 0.534. The smallest absolute Gasteiger partial charge is 0.366 e. The zero-order valence-corrected chi connectivity index (χ0v) is 6.48. The second kappa shape index (κ2) is 4.30. The highest BCUT2D eigenvalue weighted by Gasteiger charge is 2.39. The molecule has 0 aromatic rings. The summed E-state index contributed by atoms with van der Waals surface area (Å²) in [6, 6.07) is 0. The lowest BCUT2D eigenvalue weighted by atomic mass is 10.3. The molecule has 0 aliphatic carbocycles. The molecule has 0 saturated carbocycles. The number of carbonyl (C=O) groups excluding carboxylic acids is 1.